The third-order valence-electron chi connectivity index (χ3n) is 4.90. The molecular weight excluding hydrogens is 392 g/mol. The number of imidazole rings is 1. The molecule has 152 valence electrons. The Bertz CT molecular complexity index is 1080. The summed E-state index contributed by atoms with van der Waals surface area (Å²) in [6.07, 6.45) is 5.14. The number of aromatic nitrogens is 4. The average molecular weight is 414 g/mol. The number of benzene rings is 1. The van der Waals surface area contributed by atoms with Gasteiger partial charge in [0.25, 0.3) is 0 Å². The Labute approximate surface area is 169 Å². The zero-order valence-electron chi connectivity index (χ0n) is 16.3. The van der Waals surface area contributed by atoms with Gasteiger partial charge < -0.3 is 9.64 Å². The van der Waals surface area contributed by atoms with Crippen LogP contribution in [-0.4, -0.2) is 65.8 Å². The molecule has 0 N–H and O–H groups in total. The quantitative estimate of drug-likeness (QED) is 0.624. The van der Waals surface area contributed by atoms with Crippen LogP contribution >= 0.6 is 0 Å². The van der Waals surface area contributed by atoms with Crippen LogP contribution in [0.3, 0.4) is 0 Å². The summed E-state index contributed by atoms with van der Waals surface area (Å²) in [5, 5.41) is 8.51. The summed E-state index contributed by atoms with van der Waals surface area (Å²) in [4.78, 5) is 6.23. The third kappa shape index (κ3) is 3.81. The van der Waals surface area contributed by atoms with Crippen LogP contribution in [0.1, 0.15) is 5.56 Å². The summed E-state index contributed by atoms with van der Waals surface area (Å²) in [5.74, 6) is 1.77. The molecule has 1 aliphatic rings. The predicted octanol–water partition coefficient (Wildman–Crippen LogP) is 1.49. The Hall–Kier alpha value is -2.98. The van der Waals surface area contributed by atoms with Crippen molar-refractivity contribution in [1.82, 2.24) is 24.1 Å². The first-order chi connectivity index (χ1) is 14.0. The molecule has 0 unspecified atom stereocenters. The minimum Gasteiger partial charge on any atom is -0.495 e. The van der Waals surface area contributed by atoms with E-state index in [9.17, 15) is 8.42 Å². The highest BCUT2D eigenvalue weighted by atomic mass is 32.2. The standard InChI is InChI=1S/C19H22N6O3S/c1-15-3-4-17(16(13-15)28-2)29(26,27)25-11-9-23(10-12-25)18-5-6-19(22-21-18)24-8-7-20-14-24/h3-8,13-14H,9-12H2,1-2H3. The maximum absolute atomic E-state index is 13.1. The van der Waals surface area contributed by atoms with Crippen molar-refractivity contribution in [3.05, 3.63) is 54.6 Å². The van der Waals surface area contributed by atoms with Gasteiger partial charge in [0.2, 0.25) is 10.0 Å². The Morgan fingerprint density at radius 3 is 2.34 bits per heavy atom. The fourth-order valence-corrected chi connectivity index (χ4v) is 4.86. The molecule has 10 heteroatoms. The van der Waals surface area contributed by atoms with E-state index in [-0.39, 0.29) is 4.90 Å². The SMILES string of the molecule is COc1cc(C)ccc1S(=O)(=O)N1CCN(c2ccc(-n3ccnc3)nn2)CC1. The van der Waals surface area contributed by atoms with E-state index < -0.39 is 10.0 Å². The van der Waals surface area contributed by atoms with Gasteiger partial charge in [-0.1, -0.05) is 6.07 Å². The molecule has 9 nitrogen and oxygen atoms in total. The number of rotatable bonds is 5. The highest BCUT2D eigenvalue weighted by Gasteiger charge is 2.31. The largest absolute Gasteiger partial charge is 0.495 e. The van der Waals surface area contributed by atoms with Crippen molar-refractivity contribution in [3.63, 3.8) is 0 Å². The second-order valence-electron chi connectivity index (χ2n) is 6.77. The van der Waals surface area contributed by atoms with Gasteiger partial charge in [-0.15, -0.1) is 10.2 Å². The lowest BCUT2D eigenvalue weighted by Gasteiger charge is -2.34. The van der Waals surface area contributed by atoms with Gasteiger partial charge >= 0.3 is 0 Å². The summed E-state index contributed by atoms with van der Waals surface area (Å²) in [6, 6.07) is 8.87. The van der Waals surface area contributed by atoms with E-state index >= 15 is 0 Å². The van der Waals surface area contributed by atoms with Crippen LogP contribution in [-0.2, 0) is 10.0 Å². The maximum Gasteiger partial charge on any atom is 0.246 e. The number of sulfonamides is 1. The van der Waals surface area contributed by atoms with Gasteiger partial charge in [0.05, 0.1) is 7.11 Å². The molecule has 4 rings (SSSR count). The molecule has 1 aromatic carbocycles. The lowest BCUT2D eigenvalue weighted by molar-refractivity contribution is 0.373. The zero-order chi connectivity index (χ0) is 20.4. The maximum atomic E-state index is 13.1. The number of anilines is 1. The first-order valence-corrected chi connectivity index (χ1v) is 10.6. The highest BCUT2D eigenvalue weighted by molar-refractivity contribution is 7.89. The molecule has 1 fully saturated rings. The number of ether oxygens (including phenoxy) is 1. The van der Waals surface area contributed by atoms with Crippen molar-refractivity contribution >= 4 is 15.8 Å². The predicted molar refractivity (Wildman–Crippen MR) is 108 cm³/mol. The highest BCUT2D eigenvalue weighted by Crippen LogP contribution is 2.28. The summed E-state index contributed by atoms with van der Waals surface area (Å²) in [6.45, 7) is 3.70. The van der Waals surface area contributed by atoms with Gasteiger partial charge in [-0.05, 0) is 36.8 Å². The molecule has 0 atom stereocenters. The van der Waals surface area contributed by atoms with Gasteiger partial charge in [-0.2, -0.15) is 4.31 Å². The molecule has 0 aliphatic carbocycles. The molecule has 1 aliphatic heterocycles. The fourth-order valence-electron chi connectivity index (χ4n) is 3.30. The van der Waals surface area contributed by atoms with E-state index in [0.29, 0.717) is 37.7 Å². The van der Waals surface area contributed by atoms with Gasteiger partial charge in [0.1, 0.15) is 17.0 Å². The summed E-state index contributed by atoms with van der Waals surface area (Å²) in [7, 11) is -2.14. The smallest absolute Gasteiger partial charge is 0.246 e. The normalized spacial score (nSPS) is 15.4. The van der Waals surface area contributed by atoms with E-state index in [1.807, 2.05) is 24.0 Å². The van der Waals surface area contributed by atoms with Crippen molar-refractivity contribution in [3.8, 4) is 11.6 Å². The average Bonchev–Trinajstić information content (AvgIpc) is 3.28. The second-order valence-corrected chi connectivity index (χ2v) is 8.67. The van der Waals surface area contributed by atoms with E-state index in [0.717, 1.165) is 11.4 Å². The number of nitrogens with zero attached hydrogens (tertiary/aromatic N) is 6. The molecule has 0 saturated carbocycles. The van der Waals surface area contributed by atoms with Crippen LogP contribution in [0.25, 0.3) is 5.82 Å². The molecule has 0 spiro atoms. The van der Waals surface area contributed by atoms with Crippen LogP contribution < -0.4 is 9.64 Å². The first-order valence-electron chi connectivity index (χ1n) is 9.21. The Balaban J connectivity index is 1.46. The molecule has 29 heavy (non-hydrogen) atoms. The third-order valence-corrected chi connectivity index (χ3v) is 6.84. The van der Waals surface area contributed by atoms with Gasteiger partial charge in [-0.25, -0.2) is 13.4 Å². The van der Waals surface area contributed by atoms with E-state index in [1.165, 1.54) is 11.4 Å². The van der Waals surface area contributed by atoms with Gasteiger partial charge in [-0.3, -0.25) is 4.57 Å². The van der Waals surface area contributed by atoms with Crippen molar-refractivity contribution < 1.29 is 13.2 Å². The van der Waals surface area contributed by atoms with E-state index in [4.69, 9.17) is 4.74 Å². The molecule has 3 aromatic rings. The van der Waals surface area contributed by atoms with Crippen LogP contribution in [0.5, 0.6) is 5.75 Å². The number of methoxy groups -OCH3 is 1. The van der Waals surface area contributed by atoms with Gasteiger partial charge in [0, 0.05) is 38.6 Å². The number of aryl methyl sites for hydroxylation is 1. The molecule has 0 amide bonds. The van der Waals surface area contributed by atoms with E-state index in [2.05, 4.69) is 15.2 Å². The molecule has 2 aromatic heterocycles. The number of hydrogen-bond acceptors (Lipinski definition) is 7. The lowest BCUT2D eigenvalue weighted by atomic mass is 10.2. The monoisotopic (exact) mass is 414 g/mol. The number of piperazine rings is 1. The Morgan fingerprint density at radius 2 is 1.72 bits per heavy atom. The lowest BCUT2D eigenvalue weighted by Crippen LogP contribution is -2.49. The topological polar surface area (TPSA) is 93.5 Å². The second kappa shape index (κ2) is 7.80. The van der Waals surface area contributed by atoms with Crippen LogP contribution in [0.2, 0.25) is 0 Å². The fraction of sp³-hybridized carbons (Fsp3) is 0.316. The van der Waals surface area contributed by atoms with Crippen LogP contribution in [0.15, 0.2) is 53.9 Å². The molecule has 3 heterocycles. The van der Waals surface area contributed by atoms with Crippen molar-refractivity contribution in [2.24, 2.45) is 0 Å². The summed E-state index contributed by atoms with van der Waals surface area (Å²) < 4.78 is 34.7. The Kier molecular flexibility index (Phi) is 5.20. The van der Waals surface area contributed by atoms with Crippen LogP contribution in [0, 0.1) is 6.92 Å². The van der Waals surface area contributed by atoms with Crippen molar-refractivity contribution in [1.29, 1.82) is 0 Å². The van der Waals surface area contributed by atoms with Crippen LogP contribution in [0.4, 0.5) is 5.82 Å². The zero-order valence-corrected chi connectivity index (χ0v) is 17.1. The molecular formula is C19H22N6O3S. The van der Waals surface area contributed by atoms with Crippen molar-refractivity contribution in [2.75, 3.05) is 38.2 Å². The molecule has 0 bridgehead atoms. The van der Waals surface area contributed by atoms with Gasteiger partial charge in [0.15, 0.2) is 11.6 Å². The molecule has 1 saturated heterocycles. The summed E-state index contributed by atoms with van der Waals surface area (Å²) >= 11 is 0. The summed E-state index contributed by atoms with van der Waals surface area (Å²) in [5.41, 5.74) is 0.948. The number of hydrogen-bond donors (Lipinski definition) is 0. The van der Waals surface area contributed by atoms with Crippen molar-refractivity contribution in [2.45, 2.75) is 11.8 Å². The molecule has 0 radical (unpaired) electrons. The Morgan fingerprint density at radius 1 is 1.00 bits per heavy atom. The minimum atomic E-state index is -3.63. The minimum absolute atomic E-state index is 0.198. The van der Waals surface area contributed by atoms with E-state index in [1.54, 1.807) is 41.5 Å². The first kappa shape index (κ1) is 19.3.